The van der Waals surface area contributed by atoms with Gasteiger partial charge in [-0.25, -0.2) is 14.3 Å². The number of carbonyl (C=O) groups excluding carboxylic acids is 1. The first-order valence-corrected chi connectivity index (χ1v) is 10.9. The van der Waals surface area contributed by atoms with Gasteiger partial charge in [-0.05, 0) is 36.0 Å². The molecule has 1 N–H and O–H groups in total. The van der Waals surface area contributed by atoms with Gasteiger partial charge in [-0.3, -0.25) is 4.98 Å². The number of amides is 1. The zero-order valence-electron chi connectivity index (χ0n) is 16.9. The Kier molecular flexibility index (Phi) is 7.41. The number of allylic oxidation sites excluding steroid dienone is 1. The monoisotopic (exact) mass is 465 g/mol. The van der Waals surface area contributed by atoms with Crippen molar-refractivity contribution in [2.45, 2.75) is 25.3 Å². The SMILES string of the molecule is CNC(=O)OC[N+]1(Cc2cccnc2)C=NC(C(C)C)=C1Sc1cc(Cl)cc(Cl)c1. The van der Waals surface area contributed by atoms with E-state index in [9.17, 15) is 4.79 Å². The first kappa shape index (κ1) is 22.6. The molecule has 1 atom stereocenters. The highest BCUT2D eigenvalue weighted by Gasteiger charge is 2.42. The molecule has 1 aliphatic rings. The van der Waals surface area contributed by atoms with Gasteiger partial charge in [0.15, 0.2) is 6.34 Å². The third-order valence-electron chi connectivity index (χ3n) is 4.46. The van der Waals surface area contributed by atoms with E-state index in [-0.39, 0.29) is 17.1 Å². The summed E-state index contributed by atoms with van der Waals surface area (Å²) in [6.07, 6.45) is 4.87. The molecule has 1 unspecified atom stereocenters. The molecule has 0 radical (unpaired) electrons. The van der Waals surface area contributed by atoms with Gasteiger partial charge in [0.25, 0.3) is 0 Å². The lowest BCUT2D eigenvalue weighted by Crippen LogP contribution is -2.46. The van der Waals surface area contributed by atoms with Crippen molar-refractivity contribution in [3.05, 3.63) is 69.1 Å². The fourth-order valence-corrected chi connectivity index (χ4v) is 5.05. The van der Waals surface area contributed by atoms with Crippen molar-refractivity contribution < 1.29 is 14.0 Å². The molecule has 1 aliphatic heterocycles. The number of quaternary nitrogens is 1. The molecule has 6 nitrogen and oxygen atoms in total. The third-order valence-corrected chi connectivity index (χ3v) is 6.13. The summed E-state index contributed by atoms with van der Waals surface area (Å²) in [6, 6.07) is 9.30. The zero-order valence-corrected chi connectivity index (χ0v) is 19.3. The molecule has 1 amide bonds. The number of nitrogens with zero attached hydrogens (tertiary/aromatic N) is 3. The van der Waals surface area contributed by atoms with Crippen LogP contribution in [0.2, 0.25) is 10.0 Å². The van der Waals surface area contributed by atoms with Gasteiger partial charge in [0.2, 0.25) is 11.8 Å². The molecule has 0 saturated heterocycles. The van der Waals surface area contributed by atoms with Gasteiger partial charge < -0.3 is 10.1 Å². The standard InChI is InChI=1S/C21H22Cl2N4O2S/c1-14(2)19-20(30-18-8-16(22)7-17(23)9-18)27(12-26-19,13-29-21(28)24-3)11-15-5-4-6-25-10-15/h4-10,12,14H,11,13H2,1-3H3/p+1. The number of aliphatic imine (C=N–C) groups is 1. The Morgan fingerprint density at radius 2 is 2.00 bits per heavy atom. The number of benzene rings is 1. The van der Waals surface area contributed by atoms with E-state index < -0.39 is 6.09 Å². The highest BCUT2D eigenvalue weighted by Crippen LogP contribution is 2.44. The van der Waals surface area contributed by atoms with E-state index in [1.165, 1.54) is 18.8 Å². The Balaban J connectivity index is 2.04. The summed E-state index contributed by atoms with van der Waals surface area (Å²) in [6.45, 7) is 4.79. The lowest BCUT2D eigenvalue weighted by molar-refractivity contribution is -0.819. The van der Waals surface area contributed by atoms with Crippen LogP contribution in [0.25, 0.3) is 0 Å². The summed E-state index contributed by atoms with van der Waals surface area (Å²) in [5.74, 6) is 0.173. The van der Waals surface area contributed by atoms with E-state index in [1.54, 1.807) is 18.5 Å². The molecule has 9 heteroatoms. The molecule has 0 spiro atoms. The summed E-state index contributed by atoms with van der Waals surface area (Å²) in [5, 5.41) is 4.57. The number of ether oxygens (including phenoxy) is 1. The van der Waals surface area contributed by atoms with Crippen LogP contribution in [0.5, 0.6) is 0 Å². The molecule has 158 valence electrons. The van der Waals surface area contributed by atoms with Crippen LogP contribution in [0.15, 0.2) is 63.3 Å². The Bertz CT molecular complexity index is 962. The maximum absolute atomic E-state index is 11.9. The first-order chi connectivity index (χ1) is 14.3. The van der Waals surface area contributed by atoms with E-state index in [0.29, 0.717) is 16.6 Å². The van der Waals surface area contributed by atoms with Gasteiger partial charge in [0.1, 0.15) is 12.2 Å². The van der Waals surface area contributed by atoms with E-state index in [1.807, 2.05) is 30.6 Å². The normalized spacial score (nSPS) is 18.2. The summed E-state index contributed by atoms with van der Waals surface area (Å²) in [7, 11) is 1.53. The molecule has 2 heterocycles. The maximum Gasteiger partial charge on any atom is 0.411 e. The molecule has 0 aliphatic carbocycles. The van der Waals surface area contributed by atoms with Crippen LogP contribution in [0, 0.1) is 5.92 Å². The Morgan fingerprint density at radius 1 is 1.27 bits per heavy atom. The van der Waals surface area contributed by atoms with Crippen LogP contribution in [0.4, 0.5) is 4.79 Å². The molecular weight excluding hydrogens is 443 g/mol. The van der Waals surface area contributed by atoms with Gasteiger partial charge in [0.05, 0.1) is 0 Å². The largest absolute Gasteiger partial charge is 0.411 e. The van der Waals surface area contributed by atoms with Crippen molar-refractivity contribution in [2.75, 3.05) is 13.8 Å². The average molecular weight is 466 g/mol. The Labute approximate surface area is 190 Å². The summed E-state index contributed by atoms with van der Waals surface area (Å²) >= 11 is 14.0. The van der Waals surface area contributed by atoms with Gasteiger partial charge in [-0.2, -0.15) is 0 Å². The summed E-state index contributed by atoms with van der Waals surface area (Å²) in [5.41, 5.74) is 1.93. The molecule has 0 bridgehead atoms. The average Bonchev–Trinajstić information content (AvgIpc) is 3.04. The van der Waals surface area contributed by atoms with E-state index >= 15 is 0 Å². The number of pyridine rings is 1. The number of hydrogen-bond acceptors (Lipinski definition) is 5. The molecule has 3 rings (SSSR count). The van der Waals surface area contributed by atoms with Crippen LogP contribution in [0.3, 0.4) is 0 Å². The van der Waals surface area contributed by atoms with E-state index in [4.69, 9.17) is 32.9 Å². The molecule has 1 aromatic heterocycles. The minimum Gasteiger partial charge on any atom is -0.398 e. The van der Waals surface area contributed by atoms with Gasteiger partial charge >= 0.3 is 6.09 Å². The number of carbonyl (C=O) groups is 1. The van der Waals surface area contributed by atoms with Gasteiger partial charge in [-0.1, -0.05) is 43.1 Å². The number of halogens is 2. The lowest BCUT2D eigenvalue weighted by Gasteiger charge is -2.31. The topological polar surface area (TPSA) is 63.6 Å². The van der Waals surface area contributed by atoms with E-state index in [0.717, 1.165) is 21.2 Å². The fraction of sp³-hybridized carbons (Fsp3) is 0.286. The molecule has 30 heavy (non-hydrogen) atoms. The molecule has 0 saturated carbocycles. The molecule has 2 aromatic rings. The maximum atomic E-state index is 11.9. The first-order valence-electron chi connectivity index (χ1n) is 9.37. The number of alkyl carbamates (subject to hydrolysis) is 1. The minimum atomic E-state index is -0.500. The Hall–Kier alpha value is -2.06. The van der Waals surface area contributed by atoms with Crippen LogP contribution in [-0.4, -0.2) is 35.7 Å². The number of nitrogens with one attached hydrogen (secondary N) is 1. The predicted molar refractivity (Wildman–Crippen MR) is 121 cm³/mol. The minimum absolute atomic E-state index is 0.0882. The van der Waals surface area contributed by atoms with Gasteiger partial charge in [-0.15, -0.1) is 0 Å². The summed E-state index contributed by atoms with van der Waals surface area (Å²) < 4.78 is 5.73. The van der Waals surface area contributed by atoms with Crippen molar-refractivity contribution in [3.63, 3.8) is 0 Å². The molecular formula is C21H23Cl2N4O2S+. The van der Waals surface area contributed by atoms with Crippen LogP contribution in [-0.2, 0) is 11.3 Å². The highest BCUT2D eigenvalue weighted by atomic mass is 35.5. The zero-order chi connectivity index (χ0) is 21.7. The molecule has 1 aromatic carbocycles. The number of thioether (sulfide) groups is 1. The van der Waals surface area contributed by atoms with Crippen LogP contribution >= 0.6 is 35.0 Å². The second-order valence-corrected chi connectivity index (χ2v) is 9.10. The molecule has 0 fully saturated rings. The number of hydrogen-bond donors (Lipinski definition) is 1. The van der Waals surface area contributed by atoms with E-state index in [2.05, 4.69) is 24.1 Å². The second-order valence-electron chi connectivity index (χ2n) is 7.16. The number of rotatable bonds is 7. The van der Waals surface area contributed by atoms with Gasteiger partial charge in [0, 0.05) is 45.9 Å². The predicted octanol–water partition coefficient (Wildman–Crippen LogP) is 5.68. The van der Waals surface area contributed by atoms with Crippen molar-refractivity contribution in [1.82, 2.24) is 10.3 Å². The third kappa shape index (κ3) is 5.35. The Morgan fingerprint density at radius 3 is 2.60 bits per heavy atom. The van der Waals surface area contributed by atoms with Crippen LogP contribution < -0.4 is 5.32 Å². The smallest absolute Gasteiger partial charge is 0.398 e. The fourth-order valence-electron chi connectivity index (χ4n) is 3.06. The number of aromatic nitrogens is 1. The van der Waals surface area contributed by atoms with Crippen molar-refractivity contribution in [1.29, 1.82) is 0 Å². The second kappa shape index (κ2) is 9.83. The van der Waals surface area contributed by atoms with Crippen molar-refractivity contribution in [2.24, 2.45) is 10.9 Å². The van der Waals surface area contributed by atoms with Crippen molar-refractivity contribution in [3.8, 4) is 0 Å². The van der Waals surface area contributed by atoms with Crippen molar-refractivity contribution >= 4 is 47.4 Å². The van der Waals surface area contributed by atoms with Crippen LogP contribution in [0.1, 0.15) is 19.4 Å². The summed E-state index contributed by atoms with van der Waals surface area (Å²) in [4.78, 5) is 21.7. The quantitative estimate of drug-likeness (QED) is 0.534. The lowest BCUT2D eigenvalue weighted by atomic mass is 10.1. The highest BCUT2D eigenvalue weighted by molar-refractivity contribution is 8.02.